The summed E-state index contributed by atoms with van der Waals surface area (Å²) in [6.45, 7) is 7.03. The van der Waals surface area contributed by atoms with Crippen LogP contribution < -0.4 is 5.32 Å². The number of carboxylic acids is 1. The molecule has 3 aliphatic heterocycles. The minimum absolute atomic E-state index is 0.151. The highest BCUT2D eigenvalue weighted by molar-refractivity contribution is 7.80. The van der Waals surface area contributed by atoms with Gasteiger partial charge in [0.2, 0.25) is 0 Å². The van der Waals surface area contributed by atoms with Crippen molar-refractivity contribution in [2.75, 3.05) is 39.3 Å². The van der Waals surface area contributed by atoms with Gasteiger partial charge in [0, 0.05) is 56.0 Å². The molecule has 0 unspecified atom stereocenters. The van der Waals surface area contributed by atoms with Crippen LogP contribution in [0.1, 0.15) is 48.4 Å². The molecule has 10 nitrogen and oxygen atoms in total. The van der Waals surface area contributed by atoms with Crippen LogP contribution in [0, 0.1) is 18.7 Å². The van der Waals surface area contributed by atoms with Crippen LogP contribution in [0.25, 0.3) is 0 Å². The normalized spacial score (nSPS) is 25.9. The number of amidine groups is 1. The Morgan fingerprint density at radius 1 is 1.21 bits per heavy atom. The van der Waals surface area contributed by atoms with Crippen LogP contribution in [-0.4, -0.2) is 99.1 Å². The van der Waals surface area contributed by atoms with Gasteiger partial charge >= 0.3 is 11.9 Å². The van der Waals surface area contributed by atoms with Gasteiger partial charge in [-0.1, -0.05) is 12.1 Å². The van der Waals surface area contributed by atoms with Crippen LogP contribution in [0.3, 0.4) is 0 Å². The average Bonchev–Trinajstić information content (AvgIpc) is 3.75. The quantitative estimate of drug-likeness (QED) is 0.335. The van der Waals surface area contributed by atoms with Crippen LogP contribution in [0.4, 0.5) is 4.39 Å². The number of thiocarbonyl (C=S) groups is 1. The second-order valence-corrected chi connectivity index (χ2v) is 12.7. The van der Waals surface area contributed by atoms with Crippen molar-refractivity contribution in [2.45, 2.75) is 51.2 Å². The Labute approximate surface area is 259 Å². The van der Waals surface area contributed by atoms with Gasteiger partial charge < -0.3 is 25.0 Å². The molecule has 4 heterocycles. The third-order valence-corrected chi connectivity index (χ3v) is 10.2. The molecule has 0 radical (unpaired) electrons. The van der Waals surface area contributed by atoms with E-state index in [9.17, 15) is 19.1 Å². The van der Waals surface area contributed by atoms with Crippen molar-refractivity contribution in [3.05, 3.63) is 63.0 Å². The molecule has 3 fully saturated rings. The number of thiazole rings is 1. The number of hydrogen-bond acceptors (Lipinski definition) is 9. The summed E-state index contributed by atoms with van der Waals surface area (Å²) in [5.74, 6) is -1.35. The van der Waals surface area contributed by atoms with Crippen molar-refractivity contribution < 1.29 is 23.8 Å². The Morgan fingerprint density at radius 2 is 2.05 bits per heavy atom. The zero-order chi connectivity index (χ0) is 30.2. The maximum absolute atomic E-state index is 14.7. The van der Waals surface area contributed by atoms with Gasteiger partial charge in [-0.2, -0.15) is 0 Å². The summed E-state index contributed by atoms with van der Waals surface area (Å²) in [5.41, 5.74) is 2.07. The van der Waals surface area contributed by atoms with Gasteiger partial charge in [-0.15, -0.1) is 11.3 Å². The standard InChI is InChI=1S/C30H35FN6O4S2/c1-3-41-29(40)24-23(33-26(27-32-9-12-43-27)34-25(24)21-5-4-6-22(31)17(21)2)16-35-10-11-36-20(14-35)15-37(30(36)42)19-8-7-18(13-19)28(38)39/h4-6,9,12,18-20,25H,3,7-8,10-11,13-16H2,1-2H3,(H,33,34)(H,38,39)/t18-,19+,20+,25-/m0/s1. The minimum atomic E-state index is -0.759. The first-order chi connectivity index (χ1) is 20.7. The Kier molecular flexibility index (Phi) is 8.47. The summed E-state index contributed by atoms with van der Waals surface area (Å²) >= 11 is 7.30. The number of ether oxygens (including phenoxy) is 1. The second-order valence-electron chi connectivity index (χ2n) is 11.4. The molecule has 1 aliphatic carbocycles. The molecular formula is C30H35FN6O4S2. The Morgan fingerprint density at radius 3 is 2.77 bits per heavy atom. The zero-order valence-corrected chi connectivity index (χ0v) is 25.8. The molecule has 0 bridgehead atoms. The fourth-order valence-corrected chi connectivity index (χ4v) is 7.75. The van der Waals surface area contributed by atoms with Gasteiger partial charge in [-0.05, 0) is 62.5 Å². The number of benzene rings is 1. The summed E-state index contributed by atoms with van der Waals surface area (Å²) in [4.78, 5) is 41.2. The number of halogens is 1. The number of nitrogens with one attached hydrogen (secondary N) is 1. The van der Waals surface area contributed by atoms with Gasteiger partial charge in [0.15, 0.2) is 16.0 Å². The van der Waals surface area contributed by atoms with Crippen molar-refractivity contribution in [1.82, 2.24) is 25.0 Å². The molecule has 4 aliphatic rings. The summed E-state index contributed by atoms with van der Waals surface area (Å²) in [5, 5.41) is 16.2. The fraction of sp³-hybridized carbons (Fsp3) is 0.500. The molecule has 6 rings (SSSR count). The van der Waals surface area contributed by atoms with Crippen molar-refractivity contribution in [2.24, 2.45) is 10.9 Å². The van der Waals surface area contributed by atoms with Crippen molar-refractivity contribution in [3.63, 3.8) is 0 Å². The zero-order valence-electron chi connectivity index (χ0n) is 24.2. The van der Waals surface area contributed by atoms with Gasteiger partial charge in [-0.3, -0.25) is 14.7 Å². The Balaban J connectivity index is 1.28. The number of carbonyl (C=O) groups excluding carboxylic acids is 1. The molecule has 2 aromatic rings. The number of esters is 1. The number of rotatable bonds is 8. The van der Waals surface area contributed by atoms with Crippen LogP contribution in [-0.2, 0) is 14.3 Å². The highest BCUT2D eigenvalue weighted by Gasteiger charge is 2.44. The fourth-order valence-electron chi connectivity index (χ4n) is 6.70. The first kappa shape index (κ1) is 29.6. The van der Waals surface area contributed by atoms with Crippen LogP contribution >= 0.6 is 23.6 Å². The van der Waals surface area contributed by atoms with Crippen LogP contribution in [0.5, 0.6) is 0 Å². The molecule has 1 aromatic heterocycles. The third-order valence-electron chi connectivity index (χ3n) is 8.90. The first-order valence-corrected chi connectivity index (χ1v) is 16.0. The number of aliphatic imine (C=N–C) groups is 1. The summed E-state index contributed by atoms with van der Waals surface area (Å²) in [6.07, 6.45) is 3.84. The van der Waals surface area contributed by atoms with E-state index in [1.165, 1.54) is 17.4 Å². The van der Waals surface area contributed by atoms with E-state index in [1.807, 2.05) is 5.38 Å². The smallest absolute Gasteiger partial charge is 0.338 e. The lowest BCUT2D eigenvalue weighted by atomic mass is 9.92. The second kappa shape index (κ2) is 12.3. The van der Waals surface area contributed by atoms with Gasteiger partial charge in [0.05, 0.1) is 24.1 Å². The number of fused-ring (bicyclic) bond motifs is 1. The minimum Gasteiger partial charge on any atom is -0.481 e. The maximum atomic E-state index is 14.7. The van der Waals surface area contributed by atoms with Gasteiger partial charge in [0.1, 0.15) is 11.9 Å². The number of nitrogens with zero attached hydrogens (tertiary/aromatic N) is 5. The number of piperazine rings is 1. The van der Waals surface area contributed by atoms with Crippen molar-refractivity contribution in [3.8, 4) is 0 Å². The van der Waals surface area contributed by atoms with Crippen LogP contribution in [0.15, 0.2) is 46.0 Å². The Hall–Kier alpha value is -3.42. The van der Waals surface area contributed by atoms with Crippen molar-refractivity contribution >= 4 is 46.4 Å². The number of hydrogen-bond donors (Lipinski definition) is 2. The summed E-state index contributed by atoms with van der Waals surface area (Å²) in [7, 11) is 0. The lowest BCUT2D eigenvalue weighted by Crippen LogP contribution is -2.53. The molecule has 0 amide bonds. The summed E-state index contributed by atoms with van der Waals surface area (Å²) in [6, 6.07) is 4.40. The third kappa shape index (κ3) is 5.77. The highest BCUT2D eigenvalue weighted by Crippen LogP contribution is 2.37. The SMILES string of the molecule is CCOC(=O)C1=C(CN2CCN3C(=S)N([C@@H]4CC[C@H](C(=O)O)C4)C[C@H]3C2)NC(c2nccs2)=N[C@H]1c1cccc(F)c1C. The Bertz CT molecular complexity index is 1480. The number of aliphatic carboxylic acids is 1. The molecule has 228 valence electrons. The number of aromatic nitrogens is 1. The topological polar surface area (TPSA) is 111 Å². The molecule has 43 heavy (non-hydrogen) atoms. The lowest BCUT2D eigenvalue weighted by Gasteiger charge is -2.39. The van der Waals surface area contributed by atoms with E-state index in [0.717, 1.165) is 37.7 Å². The first-order valence-electron chi connectivity index (χ1n) is 14.7. The van der Waals surface area contributed by atoms with E-state index in [-0.39, 0.29) is 30.4 Å². The van der Waals surface area contributed by atoms with Gasteiger partial charge in [-0.25, -0.2) is 14.2 Å². The average molecular weight is 627 g/mol. The van der Waals surface area contributed by atoms with Gasteiger partial charge in [0.25, 0.3) is 0 Å². The van der Waals surface area contributed by atoms with E-state index in [2.05, 4.69) is 25.0 Å². The number of carboxylic acid groups (broad SMARTS) is 1. The van der Waals surface area contributed by atoms with E-state index < -0.39 is 18.0 Å². The molecule has 2 N–H and O–H groups in total. The molecule has 0 spiro atoms. The van der Waals surface area contributed by atoms with E-state index >= 15 is 0 Å². The lowest BCUT2D eigenvalue weighted by molar-refractivity contribution is -0.141. The number of carbonyl (C=O) groups is 2. The molecule has 13 heteroatoms. The van der Waals surface area contributed by atoms with Crippen LogP contribution in [0.2, 0.25) is 0 Å². The van der Waals surface area contributed by atoms with E-state index in [1.54, 1.807) is 32.2 Å². The van der Waals surface area contributed by atoms with Crippen molar-refractivity contribution in [1.29, 1.82) is 0 Å². The largest absolute Gasteiger partial charge is 0.481 e. The predicted molar refractivity (Wildman–Crippen MR) is 164 cm³/mol. The maximum Gasteiger partial charge on any atom is 0.338 e. The molecule has 2 saturated heterocycles. The molecular weight excluding hydrogens is 592 g/mol. The molecule has 4 atom stereocenters. The van der Waals surface area contributed by atoms with E-state index in [0.29, 0.717) is 52.6 Å². The predicted octanol–water partition coefficient (Wildman–Crippen LogP) is 3.34. The monoisotopic (exact) mass is 626 g/mol. The molecule has 1 aromatic carbocycles. The van der Waals surface area contributed by atoms with E-state index in [4.69, 9.17) is 21.9 Å². The molecule has 1 saturated carbocycles. The highest BCUT2D eigenvalue weighted by atomic mass is 32.1. The summed E-state index contributed by atoms with van der Waals surface area (Å²) < 4.78 is 20.3.